The molecular weight excluding hydrogens is 936 g/mol. The van der Waals surface area contributed by atoms with Crippen molar-refractivity contribution in [2.45, 2.75) is 88.3 Å². The molecule has 21 nitrogen and oxygen atoms in total. The van der Waals surface area contributed by atoms with Gasteiger partial charge in [0.15, 0.2) is 12.4 Å². The Morgan fingerprint density at radius 1 is 0.930 bits per heavy atom. The summed E-state index contributed by atoms with van der Waals surface area (Å²) in [5.74, 6) is -9.70. The SMILES string of the molecule is COc1cc(C(=O)NC2CCN(CCC(=O)NCCCNC(=O)COc3cccc4c3C(=O)N(C3CCC(=O)NC3=O)C4=O)CC2)c(F)cc1Nc1ncc2c(n1)N(C1CCCC1)CC(F)(F)C(=O)N2C. The number of imide groups is 2. The zero-order chi connectivity index (χ0) is 50.6. The normalized spacial score (nSPS) is 19.5. The molecule has 2 aromatic carbocycles. The molecule has 1 unspecified atom stereocenters. The number of piperidine rings is 2. The summed E-state index contributed by atoms with van der Waals surface area (Å²) < 4.78 is 56.8. The predicted octanol–water partition coefficient (Wildman–Crippen LogP) is 2.42. The van der Waals surface area contributed by atoms with E-state index in [-0.39, 0.29) is 102 Å². The van der Waals surface area contributed by atoms with Crippen LogP contribution >= 0.6 is 0 Å². The molecule has 3 fully saturated rings. The van der Waals surface area contributed by atoms with Gasteiger partial charge in [0.1, 0.15) is 29.0 Å². The molecule has 0 radical (unpaired) electrons. The van der Waals surface area contributed by atoms with Crippen molar-refractivity contribution in [2.75, 3.05) is 75.1 Å². The Bertz CT molecular complexity index is 2620. The van der Waals surface area contributed by atoms with Gasteiger partial charge in [0, 0.05) is 70.8 Å². The molecule has 4 aliphatic heterocycles. The van der Waals surface area contributed by atoms with Crippen LogP contribution in [0, 0.1) is 5.82 Å². The molecule has 2 saturated heterocycles. The highest BCUT2D eigenvalue weighted by Gasteiger charge is 2.49. The van der Waals surface area contributed by atoms with Gasteiger partial charge in [0.2, 0.25) is 23.7 Å². The van der Waals surface area contributed by atoms with Crippen molar-refractivity contribution >= 4 is 70.4 Å². The smallest absolute Gasteiger partial charge is 0.342 e. The minimum Gasteiger partial charge on any atom is -0.495 e. The van der Waals surface area contributed by atoms with E-state index in [1.165, 1.54) is 49.5 Å². The number of ether oxygens (including phenoxy) is 2. The molecule has 71 heavy (non-hydrogen) atoms. The fraction of sp³-hybridized carbons (Fsp3) is 0.489. The molecule has 1 saturated carbocycles. The van der Waals surface area contributed by atoms with Crippen molar-refractivity contribution in [2.24, 2.45) is 0 Å². The maximum absolute atomic E-state index is 15.6. The van der Waals surface area contributed by atoms with Gasteiger partial charge < -0.3 is 45.4 Å². The maximum atomic E-state index is 15.6. The molecule has 1 aliphatic carbocycles. The molecule has 378 valence electrons. The number of halogens is 3. The largest absolute Gasteiger partial charge is 0.495 e. The number of alkyl halides is 2. The minimum atomic E-state index is -3.65. The average molecular weight is 990 g/mol. The van der Waals surface area contributed by atoms with Crippen molar-refractivity contribution < 1.29 is 61.0 Å². The van der Waals surface area contributed by atoms with Crippen molar-refractivity contribution in [1.82, 2.24) is 41.0 Å². The van der Waals surface area contributed by atoms with Crippen molar-refractivity contribution in [1.29, 1.82) is 0 Å². The molecule has 1 atom stereocenters. The number of benzene rings is 2. The van der Waals surface area contributed by atoms with E-state index in [0.717, 1.165) is 28.7 Å². The lowest BCUT2D eigenvalue weighted by Crippen LogP contribution is -2.54. The van der Waals surface area contributed by atoms with E-state index in [4.69, 9.17) is 9.47 Å². The van der Waals surface area contributed by atoms with E-state index in [2.05, 4.69) is 41.5 Å². The number of anilines is 4. The third-order valence-electron chi connectivity index (χ3n) is 13.3. The third-order valence-corrected chi connectivity index (χ3v) is 13.3. The van der Waals surface area contributed by atoms with Gasteiger partial charge in [-0.05, 0) is 56.7 Å². The number of carbonyl (C=O) groups excluding carboxylic acids is 8. The maximum Gasteiger partial charge on any atom is 0.342 e. The fourth-order valence-corrected chi connectivity index (χ4v) is 9.47. The molecule has 8 rings (SSSR count). The molecule has 5 heterocycles. The predicted molar refractivity (Wildman–Crippen MR) is 247 cm³/mol. The Balaban J connectivity index is 0.740. The third kappa shape index (κ3) is 11.0. The summed E-state index contributed by atoms with van der Waals surface area (Å²) in [5, 5.41) is 13.4. The Kier molecular flexibility index (Phi) is 15.0. The van der Waals surface area contributed by atoms with Gasteiger partial charge in [-0.15, -0.1) is 0 Å². The molecule has 3 aromatic rings. The van der Waals surface area contributed by atoms with E-state index in [0.29, 0.717) is 51.7 Å². The van der Waals surface area contributed by atoms with Crippen molar-refractivity contribution in [3.05, 3.63) is 59.0 Å². The number of hydrogen-bond donors (Lipinski definition) is 5. The van der Waals surface area contributed by atoms with E-state index >= 15 is 13.2 Å². The number of carbonyl (C=O) groups is 8. The van der Waals surface area contributed by atoms with Crippen LogP contribution in [0.1, 0.15) is 95.3 Å². The number of nitrogens with zero attached hydrogens (tertiary/aromatic N) is 6. The lowest BCUT2D eigenvalue weighted by molar-refractivity contribution is -0.140. The molecule has 24 heteroatoms. The molecule has 5 aliphatic rings. The highest BCUT2D eigenvalue weighted by molar-refractivity contribution is 6.24. The Morgan fingerprint density at radius 3 is 2.38 bits per heavy atom. The standard InChI is InChI=1S/C47H54F3N11O10/c1-58-33-23-53-46(57-40(33)60(27-7-3-4-8-27)25-47(49,50)45(58)69)55-31-22-30(48)29(21-35(31)70-2)41(65)54-26-13-18-59(19-14-26)20-15-36(62)51-16-6-17-52-38(64)24-71-34-10-5-9-28-39(34)44(68)61(43(28)67)32-11-12-37(63)56-42(32)66/h5,9-10,21-23,26-27,32H,3-4,6-8,11-20,24-25H2,1-2H3,(H,51,62)(H,52,64)(H,54,65)(H,53,55,57)(H,56,63,66). The average Bonchev–Trinajstić information content (AvgIpc) is 3.96. The first-order valence-corrected chi connectivity index (χ1v) is 23.5. The zero-order valence-electron chi connectivity index (χ0n) is 39.1. The second kappa shape index (κ2) is 21.3. The monoisotopic (exact) mass is 989 g/mol. The van der Waals surface area contributed by atoms with Crippen molar-refractivity contribution in [3.63, 3.8) is 0 Å². The molecule has 1 aromatic heterocycles. The van der Waals surface area contributed by atoms with Crippen LogP contribution < -0.4 is 45.9 Å². The number of aromatic nitrogens is 2. The lowest BCUT2D eigenvalue weighted by Gasteiger charge is -2.32. The highest BCUT2D eigenvalue weighted by Crippen LogP contribution is 2.40. The highest BCUT2D eigenvalue weighted by atomic mass is 19.3. The molecule has 0 bridgehead atoms. The molecule has 5 N–H and O–H groups in total. The molecule has 8 amide bonds. The van der Waals surface area contributed by atoms with E-state index in [1.807, 2.05) is 0 Å². The van der Waals surface area contributed by atoms with Gasteiger partial charge in [-0.1, -0.05) is 18.9 Å². The fourth-order valence-electron chi connectivity index (χ4n) is 9.47. The summed E-state index contributed by atoms with van der Waals surface area (Å²) in [5.41, 5.74) is -0.104. The Morgan fingerprint density at radius 2 is 1.66 bits per heavy atom. The van der Waals surface area contributed by atoms with Crippen LogP contribution in [0.15, 0.2) is 36.5 Å². The second-order valence-corrected chi connectivity index (χ2v) is 18.0. The number of likely N-dealkylation sites (tertiary alicyclic amines) is 1. The number of amides is 8. The minimum absolute atomic E-state index is 0.000197. The number of nitrogens with one attached hydrogen (secondary N) is 5. The van der Waals surface area contributed by atoms with E-state index in [1.54, 1.807) is 0 Å². The van der Waals surface area contributed by atoms with E-state index in [9.17, 15) is 38.4 Å². The molecule has 0 spiro atoms. The van der Waals surface area contributed by atoms with E-state index < -0.39 is 72.3 Å². The second-order valence-electron chi connectivity index (χ2n) is 18.0. The number of rotatable bonds is 17. The topological polar surface area (TPSA) is 254 Å². The van der Waals surface area contributed by atoms with Gasteiger partial charge in [-0.3, -0.25) is 48.6 Å². The first kappa shape index (κ1) is 50.0. The summed E-state index contributed by atoms with van der Waals surface area (Å²) in [7, 11) is 2.59. The first-order valence-electron chi connectivity index (χ1n) is 23.5. The number of methoxy groups -OCH3 is 1. The summed E-state index contributed by atoms with van der Waals surface area (Å²) in [6.07, 6.45) is 6.01. The van der Waals surface area contributed by atoms with Crippen LogP contribution in [0.5, 0.6) is 11.5 Å². The van der Waals surface area contributed by atoms with Crippen LogP contribution in [0.2, 0.25) is 0 Å². The van der Waals surface area contributed by atoms with Crippen LogP contribution in [-0.4, -0.2) is 151 Å². The summed E-state index contributed by atoms with van der Waals surface area (Å²) in [6, 6.07) is 5.00. The molecular formula is C47H54F3N11O10. The van der Waals surface area contributed by atoms with Gasteiger partial charge in [-0.2, -0.15) is 13.8 Å². The number of fused-ring (bicyclic) bond motifs is 2. The quantitative estimate of drug-likeness (QED) is 0.0962. The van der Waals surface area contributed by atoms with Crippen LogP contribution in [0.25, 0.3) is 0 Å². The summed E-state index contributed by atoms with van der Waals surface area (Å²) >= 11 is 0. The summed E-state index contributed by atoms with van der Waals surface area (Å²) in [4.78, 5) is 115. The lowest BCUT2D eigenvalue weighted by atomic mass is 10.0. The van der Waals surface area contributed by atoms with Crippen LogP contribution in [-0.2, 0) is 24.0 Å². The van der Waals surface area contributed by atoms with Gasteiger partial charge in [0.05, 0.1) is 42.2 Å². The Labute approximate surface area is 405 Å². The Hall–Kier alpha value is -7.37. The zero-order valence-corrected chi connectivity index (χ0v) is 39.1. The van der Waals surface area contributed by atoms with Crippen molar-refractivity contribution in [3.8, 4) is 11.5 Å². The van der Waals surface area contributed by atoms with Gasteiger partial charge in [0.25, 0.3) is 29.5 Å². The van der Waals surface area contributed by atoms with Crippen LogP contribution in [0.4, 0.5) is 36.3 Å². The first-order chi connectivity index (χ1) is 34.0. The number of hydrogen-bond acceptors (Lipinski definition) is 15. The summed E-state index contributed by atoms with van der Waals surface area (Å²) in [6.45, 7) is 0.828. The van der Waals surface area contributed by atoms with Gasteiger partial charge >= 0.3 is 5.92 Å². The van der Waals surface area contributed by atoms with Crippen LogP contribution in [0.3, 0.4) is 0 Å². The van der Waals surface area contributed by atoms with Gasteiger partial charge in [-0.25, -0.2) is 9.37 Å².